The molecule has 0 aromatic heterocycles. The monoisotopic (exact) mass is 200 g/mol. The molecular formula is C8H16N2O2Si. The molecule has 0 spiro atoms. The molecule has 1 N–H and O–H groups in total. The van der Waals surface area contributed by atoms with Gasteiger partial charge in [-0.05, 0) is 13.8 Å². The van der Waals surface area contributed by atoms with E-state index in [4.69, 9.17) is 0 Å². The maximum absolute atomic E-state index is 11.8. The van der Waals surface area contributed by atoms with Crippen molar-refractivity contribution in [1.29, 1.82) is 0 Å². The third-order valence-electron chi connectivity index (χ3n) is 2.03. The molecule has 1 fully saturated rings. The van der Waals surface area contributed by atoms with Gasteiger partial charge in [-0.3, -0.25) is 9.36 Å². The Labute approximate surface area is 79.4 Å². The molecule has 1 saturated heterocycles. The lowest BCUT2D eigenvalue weighted by molar-refractivity contribution is -0.127. The van der Waals surface area contributed by atoms with Crippen molar-refractivity contribution in [3.05, 3.63) is 0 Å². The van der Waals surface area contributed by atoms with Gasteiger partial charge in [0.1, 0.15) is 5.54 Å². The largest absolute Gasteiger partial charge is 0.324 e. The number of urea groups is 1. The molecule has 5 heteroatoms. The fraction of sp³-hybridized carbons (Fsp3) is 0.750. The van der Waals surface area contributed by atoms with E-state index >= 15 is 0 Å². The summed E-state index contributed by atoms with van der Waals surface area (Å²) in [5, 5.41) is 2.67. The number of hydrogen-bond donors (Lipinski definition) is 1. The lowest BCUT2D eigenvalue weighted by atomic mass is 10.1. The zero-order valence-corrected chi connectivity index (χ0v) is 9.76. The van der Waals surface area contributed by atoms with Crippen LogP contribution in [0.25, 0.3) is 0 Å². The van der Waals surface area contributed by atoms with Crippen LogP contribution in [0.5, 0.6) is 0 Å². The Kier molecular flexibility index (Phi) is 2.03. The molecule has 0 aromatic carbocycles. The molecule has 0 bridgehead atoms. The first-order valence-corrected chi connectivity index (χ1v) is 7.78. The summed E-state index contributed by atoms with van der Waals surface area (Å²) >= 11 is 0. The van der Waals surface area contributed by atoms with Gasteiger partial charge in [0, 0.05) is 0 Å². The molecule has 1 aliphatic heterocycles. The van der Waals surface area contributed by atoms with Crippen molar-refractivity contribution in [3.63, 3.8) is 0 Å². The highest BCUT2D eigenvalue weighted by atomic mass is 28.3. The molecule has 0 saturated carbocycles. The molecule has 0 atom stereocenters. The molecule has 1 rings (SSSR count). The van der Waals surface area contributed by atoms with Crippen LogP contribution in [0.1, 0.15) is 13.8 Å². The lowest BCUT2D eigenvalue weighted by Gasteiger charge is -2.27. The first-order valence-electron chi connectivity index (χ1n) is 4.33. The maximum Gasteiger partial charge on any atom is 0.316 e. The van der Waals surface area contributed by atoms with Crippen molar-refractivity contribution in [1.82, 2.24) is 9.88 Å². The van der Waals surface area contributed by atoms with E-state index in [1.807, 2.05) is 19.6 Å². The van der Waals surface area contributed by atoms with E-state index < -0.39 is 13.8 Å². The van der Waals surface area contributed by atoms with Crippen LogP contribution in [0.2, 0.25) is 19.6 Å². The van der Waals surface area contributed by atoms with Gasteiger partial charge in [0.15, 0.2) is 8.24 Å². The van der Waals surface area contributed by atoms with Crippen LogP contribution in [-0.4, -0.2) is 30.3 Å². The van der Waals surface area contributed by atoms with E-state index in [1.54, 1.807) is 13.8 Å². The molecule has 0 unspecified atom stereocenters. The van der Waals surface area contributed by atoms with E-state index in [0.717, 1.165) is 0 Å². The van der Waals surface area contributed by atoms with Gasteiger partial charge in [-0.15, -0.1) is 0 Å². The Morgan fingerprint density at radius 2 is 1.69 bits per heavy atom. The molecular weight excluding hydrogens is 184 g/mol. The highest BCUT2D eigenvalue weighted by Crippen LogP contribution is 2.22. The molecule has 3 amide bonds. The molecule has 74 valence electrons. The second kappa shape index (κ2) is 2.57. The van der Waals surface area contributed by atoms with Crippen LogP contribution < -0.4 is 5.32 Å². The summed E-state index contributed by atoms with van der Waals surface area (Å²) in [5.41, 5.74) is -0.725. The van der Waals surface area contributed by atoms with Gasteiger partial charge >= 0.3 is 6.03 Å². The zero-order valence-electron chi connectivity index (χ0n) is 8.76. The van der Waals surface area contributed by atoms with Crippen molar-refractivity contribution in [3.8, 4) is 0 Å². The summed E-state index contributed by atoms with van der Waals surface area (Å²) in [4.78, 5) is 23.2. The Morgan fingerprint density at radius 1 is 1.23 bits per heavy atom. The van der Waals surface area contributed by atoms with Crippen LogP contribution in [0.3, 0.4) is 0 Å². The van der Waals surface area contributed by atoms with Gasteiger partial charge in [0.2, 0.25) is 5.91 Å². The lowest BCUT2D eigenvalue weighted by Crippen LogP contribution is -2.51. The molecule has 1 heterocycles. The van der Waals surface area contributed by atoms with Gasteiger partial charge in [0.05, 0.1) is 0 Å². The first kappa shape index (κ1) is 10.2. The SMILES string of the molecule is CC1(C)NC(=O)N([Si](C)(C)C)C1=O. The predicted molar refractivity (Wildman–Crippen MR) is 52.8 cm³/mol. The molecule has 0 radical (unpaired) electrons. The summed E-state index contributed by atoms with van der Waals surface area (Å²) in [5.74, 6) is -0.100. The smallest absolute Gasteiger partial charge is 0.316 e. The molecule has 1 aliphatic rings. The van der Waals surface area contributed by atoms with Crippen LogP contribution in [0, 0.1) is 0 Å². The highest BCUT2D eigenvalue weighted by molar-refractivity contribution is 6.78. The standard InChI is InChI=1S/C8H16N2O2Si/c1-8(2)6(11)10(7(12)9-8)13(3,4)5/h1-5H3,(H,9,12). The van der Waals surface area contributed by atoms with Crippen LogP contribution in [-0.2, 0) is 4.79 Å². The first-order chi connectivity index (χ1) is 5.66. The van der Waals surface area contributed by atoms with E-state index in [2.05, 4.69) is 5.32 Å². The Balaban J connectivity index is 3.03. The minimum atomic E-state index is -1.87. The van der Waals surface area contributed by atoms with E-state index in [-0.39, 0.29) is 11.9 Å². The Bertz CT molecular complexity index is 268. The van der Waals surface area contributed by atoms with Crippen molar-refractivity contribution in [2.45, 2.75) is 39.0 Å². The van der Waals surface area contributed by atoms with E-state index in [1.165, 1.54) is 4.57 Å². The van der Waals surface area contributed by atoms with Gasteiger partial charge in [0.25, 0.3) is 0 Å². The van der Waals surface area contributed by atoms with E-state index in [9.17, 15) is 9.59 Å². The van der Waals surface area contributed by atoms with Crippen molar-refractivity contribution >= 4 is 20.2 Å². The topological polar surface area (TPSA) is 49.4 Å². The van der Waals surface area contributed by atoms with Gasteiger partial charge < -0.3 is 5.32 Å². The number of carbonyl (C=O) groups excluding carboxylic acids is 2. The van der Waals surface area contributed by atoms with Crippen LogP contribution >= 0.6 is 0 Å². The van der Waals surface area contributed by atoms with Crippen LogP contribution in [0.15, 0.2) is 0 Å². The normalized spacial score (nSPS) is 22.1. The Morgan fingerprint density at radius 3 is 1.85 bits per heavy atom. The number of hydrogen-bond acceptors (Lipinski definition) is 2. The van der Waals surface area contributed by atoms with Crippen molar-refractivity contribution < 1.29 is 9.59 Å². The summed E-state index contributed by atoms with van der Waals surface area (Å²) < 4.78 is 1.41. The number of carbonyl (C=O) groups is 2. The number of amides is 3. The molecule has 0 aliphatic carbocycles. The minimum Gasteiger partial charge on any atom is -0.324 e. The third kappa shape index (κ3) is 1.60. The molecule has 0 aromatic rings. The number of nitrogens with zero attached hydrogens (tertiary/aromatic N) is 1. The van der Waals surface area contributed by atoms with Gasteiger partial charge in [-0.25, -0.2) is 4.79 Å². The zero-order chi connectivity index (χ0) is 10.4. The molecule has 4 nitrogen and oxygen atoms in total. The van der Waals surface area contributed by atoms with Gasteiger partial charge in [-0.2, -0.15) is 0 Å². The second-order valence-electron chi connectivity index (χ2n) is 4.87. The van der Waals surface area contributed by atoms with Crippen molar-refractivity contribution in [2.75, 3.05) is 0 Å². The Hall–Kier alpha value is -0.843. The average Bonchev–Trinajstić information content (AvgIpc) is 1.99. The second-order valence-corrected chi connectivity index (χ2v) is 9.66. The summed E-state index contributed by atoms with van der Waals surface area (Å²) in [6.45, 7) is 9.39. The van der Waals surface area contributed by atoms with Crippen molar-refractivity contribution in [2.24, 2.45) is 0 Å². The fourth-order valence-electron chi connectivity index (χ4n) is 1.36. The fourth-order valence-corrected chi connectivity index (χ4v) is 2.91. The summed E-state index contributed by atoms with van der Waals surface area (Å²) in [7, 11) is -1.87. The number of nitrogens with one attached hydrogen (secondary N) is 1. The quantitative estimate of drug-likeness (QED) is 0.510. The highest BCUT2D eigenvalue weighted by Gasteiger charge is 2.48. The van der Waals surface area contributed by atoms with Gasteiger partial charge in [-0.1, -0.05) is 19.6 Å². The van der Waals surface area contributed by atoms with E-state index in [0.29, 0.717) is 0 Å². The number of rotatable bonds is 1. The minimum absolute atomic E-state index is 0.100. The third-order valence-corrected chi connectivity index (χ3v) is 3.78. The predicted octanol–water partition coefficient (Wildman–Crippen LogP) is 1.15. The number of imide groups is 1. The maximum atomic E-state index is 11.8. The van der Waals surface area contributed by atoms with Crippen LogP contribution in [0.4, 0.5) is 4.79 Å². The molecule has 13 heavy (non-hydrogen) atoms. The summed E-state index contributed by atoms with van der Waals surface area (Å²) in [6, 6.07) is -0.242. The summed E-state index contributed by atoms with van der Waals surface area (Å²) in [6.07, 6.45) is 0. The average molecular weight is 200 g/mol.